The maximum absolute atomic E-state index is 9.48. The van der Waals surface area contributed by atoms with Crippen LogP contribution in [-0.2, 0) is 0 Å². The molecule has 0 aliphatic heterocycles. The van der Waals surface area contributed by atoms with Crippen LogP contribution in [0.15, 0.2) is 23.8 Å². The van der Waals surface area contributed by atoms with Gasteiger partial charge in [0.05, 0.1) is 5.60 Å². The van der Waals surface area contributed by atoms with Gasteiger partial charge in [0.15, 0.2) is 0 Å². The number of hydrogen-bond donors (Lipinski definition) is 1. The molecule has 0 bridgehead atoms. The summed E-state index contributed by atoms with van der Waals surface area (Å²) in [6.45, 7) is 7.60. The van der Waals surface area contributed by atoms with Crippen molar-refractivity contribution in [2.75, 3.05) is 0 Å². The van der Waals surface area contributed by atoms with Gasteiger partial charge in [0.1, 0.15) is 0 Å². The molecule has 0 atom stereocenters. The van der Waals surface area contributed by atoms with Gasteiger partial charge in [-0.3, -0.25) is 0 Å². The van der Waals surface area contributed by atoms with Crippen molar-refractivity contribution in [2.45, 2.75) is 39.7 Å². The third-order valence-corrected chi connectivity index (χ3v) is 1.68. The quantitative estimate of drug-likeness (QED) is 0.620. The van der Waals surface area contributed by atoms with E-state index in [4.69, 9.17) is 0 Å². The van der Waals surface area contributed by atoms with E-state index < -0.39 is 5.60 Å². The Bertz CT molecular complexity index is 158. The zero-order valence-electron chi connectivity index (χ0n) is 7.89. The molecule has 1 N–H and O–H groups in total. The molecule has 0 heterocycles. The van der Waals surface area contributed by atoms with E-state index in [1.54, 1.807) is 13.8 Å². The minimum Gasteiger partial charge on any atom is -0.386 e. The summed E-state index contributed by atoms with van der Waals surface area (Å²) in [5.74, 6) is 0. The van der Waals surface area contributed by atoms with E-state index in [-0.39, 0.29) is 0 Å². The molecule has 0 rings (SSSR count). The van der Waals surface area contributed by atoms with E-state index in [9.17, 15) is 5.11 Å². The molecule has 0 radical (unpaired) electrons. The standard InChI is InChI=1S/C10H18O/c1-5-6-7-8-9(2)10(3,4)11/h6-8,11H,5H2,1-4H3. The second-order valence-electron chi connectivity index (χ2n) is 3.25. The summed E-state index contributed by atoms with van der Waals surface area (Å²) in [6.07, 6.45) is 7.03. The fourth-order valence-corrected chi connectivity index (χ4v) is 0.552. The van der Waals surface area contributed by atoms with Crippen LogP contribution in [0.4, 0.5) is 0 Å². The molecule has 64 valence electrons. The lowest BCUT2D eigenvalue weighted by Gasteiger charge is -2.17. The molecular formula is C10H18O. The van der Waals surface area contributed by atoms with Crippen LogP contribution in [0.5, 0.6) is 0 Å². The van der Waals surface area contributed by atoms with Crippen LogP contribution in [0.1, 0.15) is 34.1 Å². The molecular weight excluding hydrogens is 136 g/mol. The number of hydrogen-bond acceptors (Lipinski definition) is 1. The normalized spacial score (nSPS) is 14.5. The lowest BCUT2D eigenvalue weighted by atomic mass is 10.00. The van der Waals surface area contributed by atoms with Gasteiger partial charge in [0.25, 0.3) is 0 Å². The Labute approximate surface area is 69.4 Å². The Morgan fingerprint density at radius 2 is 2.00 bits per heavy atom. The Kier molecular flexibility index (Phi) is 4.12. The number of rotatable bonds is 3. The van der Waals surface area contributed by atoms with Crippen molar-refractivity contribution in [1.29, 1.82) is 0 Å². The Hall–Kier alpha value is -0.560. The molecule has 0 fully saturated rings. The first-order valence-corrected chi connectivity index (χ1v) is 4.04. The molecule has 0 saturated heterocycles. The van der Waals surface area contributed by atoms with Crippen LogP contribution in [0, 0.1) is 0 Å². The first kappa shape index (κ1) is 10.4. The van der Waals surface area contributed by atoms with Gasteiger partial charge in [0.2, 0.25) is 0 Å². The molecule has 1 heteroatoms. The smallest absolute Gasteiger partial charge is 0.0801 e. The fraction of sp³-hybridized carbons (Fsp3) is 0.600. The van der Waals surface area contributed by atoms with Crippen molar-refractivity contribution in [2.24, 2.45) is 0 Å². The van der Waals surface area contributed by atoms with Crippen LogP contribution in [0.25, 0.3) is 0 Å². The molecule has 0 aliphatic carbocycles. The molecule has 0 aliphatic rings. The minimum atomic E-state index is -0.682. The van der Waals surface area contributed by atoms with Gasteiger partial charge in [-0.05, 0) is 32.8 Å². The van der Waals surface area contributed by atoms with Crippen molar-refractivity contribution in [1.82, 2.24) is 0 Å². The minimum absolute atomic E-state index is 0.682. The predicted octanol–water partition coefficient (Wildman–Crippen LogP) is 2.67. The lowest BCUT2D eigenvalue weighted by molar-refractivity contribution is 0.120. The van der Waals surface area contributed by atoms with Crippen LogP contribution >= 0.6 is 0 Å². The Balaban J connectivity index is 4.12. The molecule has 0 aromatic heterocycles. The van der Waals surface area contributed by atoms with Crippen LogP contribution < -0.4 is 0 Å². The molecule has 0 spiro atoms. The third kappa shape index (κ3) is 4.79. The van der Waals surface area contributed by atoms with E-state index >= 15 is 0 Å². The highest BCUT2D eigenvalue weighted by molar-refractivity contribution is 5.17. The topological polar surface area (TPSA) is 20.2 Å². The zero-order chi connectivity index (χ0) is 8.91. The summed E-state index contributed by atoms with van der Waals surface area (Å²) in [4.78, 5) is 0. The maximum atomic E-state index is 9.48. The van der Waals surface area contributed by atoms with E-state index in [0.717, 1.165) is 12.0 Å². The van der Waals surface area contributed by atoms with Gasteiger partial charge in [0, 0.05) is 0 Å². The molecule has 0 aromatic rings. The van der Waals surface area contributed by atoms with E-state index in [2.05, 4.69) is 13.0 Å². The van der Waals surface area contributed by atoms with Gasteiger partial charge < -0.3 is 5.11 Å². The van der Waals surface area contributed by atoms with Gasteiger partial charge in [-0.2, -0.15) is 0 Å². The fourth-order valence-electron chi connectivity index (χ4n) is 0.552. The van der Waals surface area contributed by atoms with Gasteiger partial charge in [-0.15, -0.1) is 0 Å². The third-order valence-electron chi connectivity index (χ3n) is 1.68. The molecule has 0 amide bonds. The van der Waals surface area contributed by atoms with E-state index in [0.29, 0.717) is 0 Å². The van der Waals surface area contributed by atoms with Crippen molar-refractivity contribution < 1.29 is 5.11 Å². The van der Waals surface area contributed by atoms with Gasteiger partial charge in [-0.25, -0.2) is 0 Å². The summed E-state index contributed by atoms with van der Waals surface area (Å²) >= 11 is 0. The SMILES string of the molecule is CCC=CC=C(C)C(C)(C)O. The highest BCUT2D eigenvalue weighted by atomic mass is 16.3. The van der Waals surface area contributed by atoms with Crippen molar-refractivity contribution in [3.63, 3.8) is 0 Å². The van der Waals surface area contributed by atoms with Crippen LogP contribution in [0.2, 0.25) is 0 Å². The van der Waals surface area contributed by atoms with Crippen molar-refractivity contribution >= 4 is 0 Å². The predicted molar refractivity (Wildman–Crippen MR) is 49.5 cm³/mol. The molecule has 0 saturated carbocycles. The van der Waals surface area contributed by atoms with Crippen LogP contribution in [0.3, 0.4) is 0 Å². The molecule has 0 aromatic carbocycles. The Morgan fingerprint density at radius 3 is 2.36 bits per heavy atom. The van der Waals surface area contributed by atoms with Crippen molar-refractivity contribution in [3.8, 4) is 0 Å². The van der Waals surface area contributed by atoms with Gasteiger partial charge >= 0.3 is 0 Å². The zero-order valence-corrected chi connectivity index (χ0v) is 7.89. The second-order valence-corrected chi connectivity index (χ2v) is 3.25. The highest BCUT2D eigenvalue weighted by Crippen LogP contribution is 2.13. The average molecular weight is 154 g/mol. The summed E-state index contributed by atoms with van der Waals surface area (Å²) in [5.41, 5.74) is 0.306. The molecule has 1 nitrogen and oxygen atoms in total. The molecule has 0 unspecified atom stereocenters. The molecule has 11 heavy (non-hydrogen) atoms. The Morgan fingerprint density at radius 1 is 1.45 bits per heavy atom. The van der Waals surface area contributed by atoms with Crippen molar-refractivity contribution in [3.05, 3.63) is 23.8 Å². The summed E-state index contributed by atoms with van der Waals surface area (Å²) < 4.78 is 0. The summed E-state index contributed by atoms with van der Waals surface area (Å²) in [6, 6.07) is 0. The number of allylic oxidation sites excluding steroid dienone is 3. The second kappa shape index (κ2) is 4.35. The lowest BCUT2D eigenvalue weighted by Crippen LogP contribution is -2.19. The van der Waals surface area contributed by atoms with E-state index in [1.165, 1.54) is 0 Å². The summed E-state index contributed by atoms with van der Waals surface area (Å²) in [7, 11) is 0. The van der Waals surface area contributed by atoms with E-state index in [1.807, 2.05) is 19.1 Å². The summed E-state index contributed by atoms with van der Waals surface area (Å²) in [5, 5.41) is 9.48. The monoisotopic (exact) mass is 154 g/mol. The van der Waals surface area contributed by atoms with Gasteiger partial charge in [-0.1, -0.05) is 25.2 Å². The highest BCUT2D eigenvalue weighted by Gasteiger charge is 2.13. The van der Waals surface area contributed by atoms with Crippen LogP contribution in [-0.4, -0.2) is 10.7 Å². The average Bonchev–Trinajstić information content (AvgIpc) is 1.86. The first-order valence-electron chi connectivity index (χ1n) is 4.04. The number of aliphatic hydroxyl groups is 1. The largest absolute Gasteiger partial charge is 0.386 e. The first-order chi connectivity index (χ1) is 4.98. The maximum Gasteiger partial charge on any atom is 0.0801 e.